The van der Waals surface area contributed by atoms with Crippen LogP contribution in [0.1, 0.15) is 0 Å². The van der Waals surface area contributed by atoms with Crippen LogP contribution < -0.4 is 0 Å². The van der Waals surface area contributed by atoms with Crippen molar-refractivity contribution in [2.24, 2.45) is 0 Å². The first-order valence-corrected chi connectivity index (χ1v) is 1.50. The fraction of sp³-hybridized carbons (Fsp3) is 0. The minimum atomic E-state index is -3.11. The molecule has 0 heterocycles. The van der Waals surface area contributed by atoms with E-state index in [-0.39, 0.29) is 54.8 Å². The first-order chi connectivity index (χ1) is 1.73. The van der Waals surface area contributed by atoms with Crippen molar-refractivity contribution < 1.29 is 30.4 Å². The third kappa shape index (κ3) is 40.2. The molecule has 0 aliphatic heterocycles. The molecule has 34 valence electrons. The minimum absolute atomic E-state index is 0. The number of hydrogen-bond donors (Lipinski definition) is 0. The Hall–Kier alpha value is 1.85. The maximum Gasteiger partial charge on any atom is 2.00 e. The van der Waals surface area contributed by atoms with Gasteiger partial charge in [-0.15, -0.1) is 11.4 Å². The topological polar surface area (TPSA) is 63.2 Å². The third-order valence-electron chi connectivity index (χ3n) is 0. The minimum Gasteiger partial charge on any atom is -0.784 e. The molecule has 0 unspecified atom stereocenters. The smallest absolute Gasteiger partial charge is 0.784 e. The zero-order valence-electron chi connectivity index (χ0n) is 2.69. The summed E-state index contributed by atoms with van der Waals surface area (Å²) < 4.78 is 25.3. The van der Waals surface area contributed by atoms with E-state index >= 15 is 0 Å². The van der Waals surface area contributed by atoms with Gasteiger partial charge in [0.15, 0.2) is 0 Å². The zero-order chi connectivity index (χ0) is 3.58. The SMILES string of the molecule is O=S([O-])[O-].[Ca+2].[Fe]. The Kier molecular flexibility index (Phi) is 26.0. The van der Waals surface area contributed by atoms with E-state index in [1.54, 1.807) is 0 Å². The predicted molar refractivity (Wildman–Crippen MR) is 15.5 cm³/mol. The van der Waals surface area contributed by atoms with Crippen LogP contribution in [0.4, 0.5) is 0 Å². The second-order valence-corrected chi connectivity index (χ2v) is 0.612. The van der Waals surface area contributed by atoms with E-state index in [4.69, 9.17) is 13.3 Å². The van der Waals surface area contributed by atoms with Gasteiger partial charge in [0, 0.05) is 17.1 Å². The summed E-state index contributed by atoms with van der Waals surface area (Å²) >= 11 is -3.11. The van der Waals surface area contributed by atoms with Crippen molar-refractivity contribution in [3.05, 3.63) is 0 Å². The molecule has 6 heavy (non-hydrogen) atoms. The molecule has 0 atom stereocenters. The van der Waals surface area contributed by atoms with Crippen molar-refractivity contribution in [1.82, 2.24) is 0 Å². The summed E-state index contributed by atoms with van der Waals surface area (Å²) in [6, 6.07) is 0. The normalized spacial score (nSPS) is 5.83. The van der Waals surface area contributed by atoms with Crippen molar-refractivity contribution in [2.45, 2.75) is 0 Å². The van der Waals surface area contributed by atoms with Gasteiger partial charge in [0.25, 0.3) is 0 Å². The summed E-state index contributed by atoms with van der Waals surface area (Å²) in [6.45, 7) is 0. The molecule has 0 bridgehead atoms. The van der Waals surface area contributed by atoms with Gasteiger partial charge in [-0.05, 0) is 0 Å². The van der Waals surface area contributed by atoms with Crippen molar-refractivity contribution in [3.63, 3.8) is 0 Å². The number of rotatable bonds is 0. The molecule has 0 aliphatic rings. The van der Waals surface area contributed by atoms with Gasteiger partial charge in [-0.1, -0.05) is 0 Å². The van der Waals surface area contributed by atoms with E-state index in [0.29, 0.717) is 0 Å². The molecule has 0 amide bonds. The van der Waals surface area contributed by atoms with Gasteiger partial charge in [-0.3, -0.25) is 4.21 Å². The van der Waals surface area contributed by atoms with Crippen LogP contribution in [-0.4, -0.2) is 51.1 Å². The van der Waals surface area contributed by atoms with Crippen LogP contribution in [0.2, 0.25) is 0 Å². The average molecular weight is 176 g/mol. The van der Waals surface area contributed by atoms with Gasteiger partial charge < -0.3 is 9.11 Å². The Balaban J connectivity index is -0.0000000450. The summed E-state index contributed by atoms with van der Waals surface area (Å²) in [4.78, 5) is 0. The fourth-order valence-corrected chi connectivity index (χ4v) is 0. The second kappa shape index (κ2) is 9.97. The van der Waals surface area contributed by atoms with E-state index in [0.717, 1.165) is 0 Å². The average Bonchev–Trinajstić information content (AvgIpc) is 0.811. The van der Waals surface area contributed by atoms with Crippen LogP contribution >= 0.6 is 0 Å². The molecule has 0 rings (SSSR count). The predicted octanol–water partition coefficient (Wildman–Crippen LogP) is -1.39. The largest absolute Gasteiger partial charge is 2.00 e. The van der Waals surface area contributed by atoms with Crippen LogP contribution in [0.25, 0.3) is 0 Å². The van der Waals surface area contributed by atoms with Gasteiger partial charge in [-0.25, -0.2) is 0 Å². The molecule has 0 saturated heterocycles. The standard InChI is InChI=1S/Ca.Fe.H2O3S/c;;1-4(2)3/h;;(H2,1,2,3)/q+2;;/p-2. The Bertz CT molecular complexity index is 33.8. The van der Waals surface area contributed by atoms with Crippen molar-refractivity contribution in [2.75, 3.05) is 0 Å². The molecule has 0 aromatic rings. The summed E-state index contributed by atoms with van der Waals surface area (Å²) in [5, 5.41) is 0. The van der Waals surface area contributed by atoms with Crippen LogP contribution in [0.15, 0.2) is 0 Å². The van der Waals surface area contributed by atoms with Crippen LogP contribution in [0.5, 0.6) is 0 Å². The van der Waals surface area contributed by atoms with Gasteiger partial charge in [0.2, 0.25) is 0 Å². The van der Waals surface area contributed by atoms with Crippen molar-refractivity contribution in [1.29, 1.82) is 0 Å². The first-order valence-electron chi connectivity index (χ1n) is 0.500. The monoisotopic (exact) mass is 176 g/mol. The van der Waals surface area contributed by atoms with Crippen LogP contribution in [0, 0.1) is 0 Å². The van der Waals surface area contributed by atoms with E-state index in [9.17, 15) is 0 Å². The summed E-state index contributed by atoms with van der Waals surface area (Å²) in [5.41, 5.74) is 0. The Morgan fingerprint density at radius 1 is 1.33 bits per heavy atom. The molecule has 0 spiro atoms. The van der Waals surface area contributed by atoms with E-state index in [2.05, 4.69) is 0 Å². The van der Waals surface area contributed by atoms with Gasteiger partial charge >= 0.3 is 37.7 Å². The Morgan fingerprint density at radius 2 is 1.33 bits per heavy atom. The van der Waals surface area contributed by atoms with E-state index in [1.165, 1.54) is 0 Å². The first kappa shape index (κ1) is 15.7. The van der Waals surface area contributed by atoms with Crippen LogP contribution in [0.3, 0.4) is 0 Å². The van der Waals surface area contributed by atoms with Gasteiger partial charge in [-0.2, -0.15) is 0 Å². The molecule has 6 heteroatoms. The van der Waals surface area contributed by atoms with E-state index < -0.39 is 11.4 Å². The third-order valence-corrected chi connectivity index (χ3v) is 0. The molecule has 0 aromatic heterocycles. The zero-order valence-corrected chi connectivity index (χ0v) is 6.82. The van der Waals surface area contributed by atoms with Gasteiger partial charge in [0.05, 0.1) is 0 Å². The van der Waals surface area contributed by atoms with Crippen molar-refractivity contribution in [3.8, 4) is 0 Å². The molecular formula is CaFeO3S. The molecule has 3 nitrogen and oxygen atoms in total. The molecule has 0 fully saturated rings. The maximum atomic E-state index is 8.44. The molecule has 0 saturated carbocycles. The second-order valence-electron chi connectivity index (χ2n) is 0.204. The van der Waals surface area contributed by atoms with Crippen LogP contribution in [-0.2, 0) is 28.4 Å². The maximum absolute atomic E-state index is 8.44. The molecule has 0 radical (unpaired) electrons. The van der Waals surface area contributed by atoms with Gasteiger partial charge in [0.1, 0.15) is 0 Å². The molecule has 0 aliphatic carbocycles. The van der Waals surface area contributed by atoms with E-state index in [1.807, 2.05) is 0 Å². The summed E-state index contributed by atoms with van der Waals surface area (Å²) in [6.07, 6.45) is 0. The molecule has 0 N–H and O–H groups in total. The fourth-order valence-electron chi connectivity index (χ4n) is 0. The number of hydrogen-bond acceptors (Lipinski definition) is 3. The Labute approximate surface area is 78.5 Å². The summed E-state index contributed by atoms with van der Waals surface area (Å²) in [5.74, 6) is 0. The quantitative estimate of drug-likeness (QED) is 0.337. The molecular weight excluding hydrogens is 176 g/mol. The summed E-state index contributed by atoms with van der Waals surface area (Å²) in [7, 11) is 0. The Morgan fingerprint density at radius 3 is 1.33 bits per heavy atom. The van der Waals surface area contributed by atoms with Crippen molar-refractivity contribution >= 4 is 49.1 Å². The molecule has 0 aromatic carbocycles.